The van der Waals surface area contributed by atoms with E-state index in [2.05, 4.69) is 97.9 Å². The van der Waals surface area contributed by atoms with Crippen molar-refractivity contribution in [3.05, 3.63) is 65.3 Å². The number of methoxy groups -OCH3 is 1. The zero-order valence-corrected chi connectivity index (χ0v) is 30.6. The summed E-state index contributed by atoms with van der Waals surface area (Å²) in [4.78, 5) is 25.7. The third-order valence-corrected chi connectivity index (χ3v) is 11.1. The normalized spacial score (nSPS) is 16.4. The third kappa shape index (κ3) is 7.84. The molecule has 2 aliphatic rings. The minimum atomic E-state index is -0.442. The van der Waals surface area contributed by atoms with Crippen LogP contribution < -0.4 is 25.6 Å². The zero-order chi connectivity index (χ0) is 33.8. The topological polar surface area (TPSA) is 94.6 Å². The van der Waals surface area contributed by atoms with Gasteiger partial charge in [0, 0.05) is 80.7 Å². The van der Waals surface area contributed by atoms with Gasteiger partial charge >= 0.3 is 0 Å². The van der Waals surface area contributed by atoms with Crippen molar-refractivity contribution in [3.8, 4) is 16.9 Å². The first-order valence-electron chi connectivity index (χ1n) is 16.8. The Bertz CT molecular complexity index is 1700. The summed E-state index contributed by atoms with van der Waals surface area (Å²) in [7, 11) is 3.50. The van der Waals surface area contributed by atoms with E-state index in [1.807, 2.05) is 19.3 Å². The van der Waals surface area contributed by atoms with Crippen LogP contribution in [0.5, 0.6) is 5.75 Å². The predicted molar refractivity (Wildman–Crippen MR) is 201 cm³/mol. The van der Waals surface area contributed by atoms with Crippen LogP contribution in [0.15, 0.2) is 48.9 Å². The lowest BCUT2D eigenvalue weighted by molar-refractivity contribution is 0.0982. The van der Waals surface area contributed by atoms with E-state index in [1.165, 1.54) is 42.5 Å². The van der Waals surface area contributed by atoms with Crippen molar-refractivity contribution in [1.82, 2.24) is 29.7 Å². The molecular weight excluding hydrogens is 641 g/mol. The largest absolute Gasteiger partial charge is 0.494 e. The molecule has 2 aromatic carbocycles. The van der Waals surface area contributed by atoms with Crippen molar-refractivity contribution in [1.29, 1.82) is 0 Å². The highest BCUT2D eigenvalue weighted by Crippen LogP contribution is 2.38. The molecule has 0 aliphatic carbocycles. The van der Waals surface area contributed by atoms with Crippen LogP contribution in [0.4, 0.5) is 28.8 Å². The number of nitrogens with one attached hydrogen (secondary N) is 2. The summed E-state index contributed by atoms with van der Waals surface area (Å²) in [6, 6.07) is 11.4. The van der Waals surface area contributed by atoms with E-state index in [0.717, 1.165) is 66.7 Å². The van der Waals surface area contributed by atoms with E-state index in [-0.39, 0.29) is 0 Å². The first kappa shape index (κ1) is 34.3. The fourth-order valence-electron chi connectivity index (χ4n) is 6.61. The number of hydrogen-bond donors (Lipinski definition) is 2. The first-order valence-corrected chi connectivity index (χ1v) is 19.4. The molecule has 0 atom stereocenters. The van der Waals surface area contributed by atoms with Crippen LogP contribution in [0.2, 0.25) is 5.02 Å². The van der Waals surface area contributed by atoms with Gasteiger partial charge in [0.15, 0.2) is 5.82 Å². The maximum absolute atomic E-state index is 6.64. The number of benzene rings is 2. The van der Waals surface area contributed by atoms with Gasteiger partial charge in [0.25, 0.3) is 0 Å². The molecule has 4 heterocycles. The number of hydrogen-bond acceptors (Lipinski definition) is 10. The van der Waals surface area contributed by atoms with Gasteiger partial charge in [0.05, 0.1) is 19.0 Å². The Hall–Kier alpha value is -3.56. The number of anilines is 5. The van der Waals surface area contributed by atoms with E-state index < -0.39 is 7.92 Å². The van der Waals surface area contributed by atoms with Crippen molar-refractivity contribution in [2.45, 2.75) is 39.2 Å². The first-order chi connectivity index (χ1) is 23.2. The number of rotatable bonds is 10. The van der Waals surface area contributed by atoms with Crippen LogP contribution in [-0.2, 0) is 6.42 Å². The Kier molecular flexibility index (Phi) is 11.0. The Morgan fingerprint density at radius 1 is 0.896 bits per heavy atom. The molecule has 2 aliphatic heterocycles. The number of halogens is 1. The number of aryl methyl sites for hydroxylation is 2. The highest BCUT2D eigenvalue weighted by atomic mass is 35.5. The summed E-state index contributed by atoms with van der Waals surface area (Å²) < 4.78 is 5.91. The molecule has 4 aromatic rings. The summed E-state index contributed by atoms with van der Waals surface area (Å²) >= 11 is 6.64. The molecular formula is C36H47ClN9OP. The quantitative estimate of drug-likeness (QED) is 0.179. The molecule has 2 aromatic heterocycles. The number of likely N-dealkylation sites (N-methyl/N-ethyl adjacent to an activating group) is 1. The minimum Gasteiger partial charge on any atom is -0.494 e. The minimum absolute atomic E-state index is 0.438. The van der Waals surface area contributed by atoms with Gasteiger partial charge in [-0.2, -0.15) is 4.98 Å². The molecule has 254 valence electrons. The third-order valence-electron chi connectivity index (χ3n) is 9.48. The molecule has 10 nitrogen and oxygen atoms in total. The maximum Gasteiger partial charge on any atom is 0.229 e. The number of aromatic nitrogens is 4. The Balaban J connectivity index is 1.19. The number of piperazine rings is 1. The van der Waals surface area contributed by atoms with E-state index in [0.29, 0.717) is 22.8 Å². The lowest BCUT2D eigenvalue weighted by atomic mass is 9.99. The van der Waals surface area contributed by atoms with Crippen LogP contribution in [0.3, 0.4) is 0 Å². The second kappa shape index (κ2) is 15.3. The van der Waals surface area contributed by atoms with Crippen LogP contribution in [0, 0.1) is 6.92 Å². The monoisotopic (exact) mass is 687 g/mol. The Labute approximate surface area is 291 Å². The standard InChI is InChI=1S/C36H47ClN9OP/c1-7-25-18-31(33(47-4)20-32(25)46-12-10-28(11-13-46)45-16-14-44(3)15-17-45)42-36-40-23-29(37)35(43-36)41-30-9-8-26(19-34(30)48(5)6)27-21-38-24(2)39-22-27/h8-9,18-23,28H,7,10-17H2,1-6H3,(H2,40,41,42,43). The fourth-order valence-corrected chi connectivity index (χ4v) is 7.76. The number of nitrogens with zero attached hydrogens (tertiary/aromatic N) is 7. The van der Waals surface area contributed by atoms with Crippen molar-refractivity contribution >= 4 is 53.7 Å². The van der Waals surface area contributed by atoms with Crippen molar-refractivity contribution < 1.29 is 4.74 Å². The molecule has 0 radical (unpaired) electrons. The fraction of sp³-hybridized carbons (Fsp3) is 0.444. The van der Waals surface area contributed by atoms with Gasteiger partial charge in [-0.1, -0.05) is 32.5 Å². The zero-order valence-electron chi connectivity index (χ0n) is 28.9. The summed E-state index contributed by atoms with van der Waals surface area (Å²) in [5.41, 5.74) is 6.37. The summed E-state index contributed by atoms with van der Waals surface area (Å²) in [5.74, 6) is 2.49. The molecule has 2 N–H and O–H groups in total. The van der Waals surface area contributed by atoms with Crippen LogP contribution in [0.25, 0.3) is 11.1 Å². The Morgan fingerprint density at radius 2 is 1.62 bits per heavy atom. The van der Waals surface area contributed by atoms with Crippen molar-refractivity contribution in [2.75, 3.05) is 82.3 Å². The van der Waals surface area contributed by atoms with E-state index in [9.17, 15) is 0 Å². The summed E-state index contributed by atoms with van der Waals surface area (Å²) in [6.07, 6.45) is 8.64. The molecule has 0 spiro atoms. The van der Waals surface area contributed by atoms with Crippen LogP contribution in [-0.4, -0.2) is 103 Å². The summed E-state index contributed by atoms with van der Waals surface area (Å²) in [5, 5.41) is 8.55. The van der Waals surface area contributed by atoms with Crippen LogP contribution >= 0.6 is 19.5 Å². The van der Waals surface area contributed by atoms with E-state index in [1.54, 1.807) is 13.3 Å². The summed E-state index contributed by atoms with van der Waals surface area (Å²) in [6.45, 7) is 15.3. The van der Waals surface area contributed by atoms with E-state index in [4.69, 9.17) is 21.3 Å². The molecule has 6 rings (SSSR count). The lowest BCUT2D eigenvalue weighted by Gasteiger charge is -2.43. The molecule has 48 heavy (non-hydrogen) atoms. The number of piperidine rings is 1. The molecule has 12 heteroatoms. The van der Waals surface area contributed by atoms with Crippen molar-refractivity contribution in [3.63, 3.8) is 0 Å². The van der Waals surface area contributed by atoms with Gasteiger partial charge in [-0.15, -0.1) is 0 Å². The average molecular weight is 688 g/mol. The van der Waals surface area contributed by atoms with Gasteiger partial charge in [0.1, 0.15) is 16.6 Å². The van der Waals surface area contributed by atoms with Crippen molar-refractivity contribution in [2.24, 2.45) is 0 Å². The van der Waals surface area contributed by atoms with Gasteiger partial charge in [-0.25, -0.2) is 15.0 Å². The average Bonchev–Trinajstić information content (AvgIpc) is 3.10. The lowest BCUT2D eigenvalue weighted by Crippen LogP contribution is -2.52. The van der Waals surface area contributed by atoms with Gasteiger partial charge in [-0.05, 0) is 81.2 Å². The maximum atomic E-state index is 6.64. The molecule has 2 saturated heterocycles. The molecule has 0 saturated carbocycles. The Morgan fingerprint density at radius 3 is 2.29 bits per heavy atom. The highest BCUT2D eigenvalue weighted by molar-refractivity contribution is 7.64. The smallest absolute Gasteiger partial charge is 0.229 e. The molecule has 2 fully saturated rings. The predicted octanol–water partition coefficient (Wildman–Crippen LogP) is 6.54. The highest BCUT2D eigenvalue weighted by Gasteiger charge is 2.28. The molecule has 0 amide bonds. The SMILES string of the molecule is CCc1cc(Nc2ncc(Cl)c(Nc3ccc(-c4cnc(C)nc4)cc3P(C)C)n2)c(OC)cc1N1CCC(N2CCN(C)CC2)CC1. The van der Waals surface area contributed by atoms with Gasteiger partial charge < -0.3 is 25.2 Å². The second-order valence-corrected chi connectivity index (χ2v) is 15.6. The molecule has 0 bridgehead atoms. The molecule has 0 unspecified atom stereocenters. The van der Waals surface area contributed by atoms with Gasteiger partial charge in [0.2, 0.25) is 5.95 Å². The number of ether oxygens (including phenoxy) is 1. The van der Waals surface area contributed by atoms with Gasteiger partial charge in [-0.3, -0.25) is 4.90 Å². The van der Waals surface area contributed by atoms with E-state index >= 15 is 0 Å². The second-order valence-electron chi connectivity index (χ2n) is 12.9. The van der Waals surface area contributed by atoms with Crippen LogP contribution in [0.1, 0.15) is 31.2 Å².